The topological polar surface area (TPSA) is 57.5 Å². The Morgan fingerprint density at radius 3 is 2.50 bits per heavy atom. The summed E-state index contributed by atoms with van der Waals surface area (Å²) in [6.07, 6.45) is 0. The molecule has 0 amide bonds. The van der Waals surface area contributed by atoms with Gasteiger partial charge in [0.15, 0.2) is 0 Å². The summed E-state index contributed by atoms with van der Waals surface area (Å²) in [7, 11) is 0. The van der Waals surface area contributed by atoms with E-state index in [-0.39, 0.29) is 23.0 Å². The number of carbonyl (C=O) groups is 1. The van der Waals surface area contributed by atoms with Gasteiger partial charge < -0.3 is 10.2 Å². The zero-order valence-electron chi connectivity index (χ0n) is 9.07. The van der Waals surface area contributed by atoms with E-state index in [9.17, 15) is 9.90 Å². The molecule has 3 nitrogen and oxygen atoms in total. The summed E-state index contributed by atoms with van der Waals surface area (Å²) in [6.45, 7) is 3.91. The number of halogens is 1. The Balaban J connectivity index is 2.33. The second kappa shape index (κ2) is 3.48. The van der Waals surface area contributed by atoms with Gasteiger partial charge in [-0.25, -0.2) is 0 Å². The van der Waals surface area contributed by atoms with E-state index in [0.29, 0.717) is 4.47 Å². The molecule has 0 aromatic heterocycles. The zero-order chi connectivity index (χ0) is 12.1. The maximum atomic E-state index is 11.1. The van der Waals surface area contributed by atoms with Gasteiger partial charge in [0.25, 0.3) is 0 Å². The first-order valence-electron chi connectivity index (χ1n) is 5.07. The minimum absolute atomic E-state index is 0.0295. The summed E-state index contributed by atoms with van der Waals surface area (Å²) < 4.78 is 0.608. The van der Waals surface area contributed by atoms with E-state index >= 15 is 0 Å². The van der Waals surface area contributed by atoms with E-state index in [0.717, 1.165) is 5.56 Å². The van der Waals surface area contributed by atoms with Gasteiger partial charge in [0, 0.05) is 5.92 Å². The molecular weight excluding hydrogens is 272 g/mol. The molecule has 0 saturated heterocycles. The molecule has 2 unspecified atom stereocenters. The molecule has 2 N–H and O–H groups in total. The summed E-state index contributed by atoms with van der Waals surface area (Å²) in [5.74, 6) is -0.876. The standard InChI is InChI=1S/C12H13BrO3/c1-12(2)9(10(12)11(15)16)6-3-4-8(14)7(13)5-6/h3-5,9-10,14H,1-2H3,(H,15,16). The predicted molar refractivity (Wildman–Crippen MR) is 63.5 cm³/mol. The number of hydrogen-bond donors (Lipinski definition) is 2. The van der Waals surface area contributed by atoms with Crippen molar-refractivity contribution < 1.29 is 15.0 Å². The van der Waals surface area contributed by atoms with E-state index < -0.39 is 5.97 Å². The van der Waals surface area contributed by atoms with Crippen LogP contribution >= 0.6 is 15.9 Å². The lowest BCUT2D eigenvalue weighted by atomic mass is 10.0. The van der Waals surface area contributed by atoms with Crippen LogP contribution in [-0.2, 0) is 4.79 Å². The van der Waals surface area contributed by atoms with Gasteiger partial charge in [-0.3, -0.25) is 4.79 Å². The third kappa shape index (κ3) is 1.61. The maximum absolute atomic E-state index is 11.1. The first-order chi connectivity index (χ1) is 7.35. The summed E-state index contributed by atoms with van der Waals surface area (Å²) >= 11 is 3.24. The number of phenols is 1. The number of rotatable bonds is 2. The van der Waals surface area contributed by atoms with Crippen molar-refractivity contribution in [2.45, 2.75) is 19.8 Å². The fourth-order valence-electron chi connectivity index (χ4n) is 2.44. The Kier molecular flexibility index (Phi) is 2.49. The quantitative estimate of drug-likeness (QED) is 0.878. The van der Waals surface area contributed by atoms with Gasteiger partial charge in [0.1, 0.15) is 5.75 Å². The molecule has 1 aliphatic carbocycles. The van der Waals surface area contributed by atoms with Crippen molar-refractivity contribution in [3.63, 3.8) is 0 Å². The van der Waals surface area contributed by atoms with Crippen LogP contribution in [0.3, 0.4) is 0 Å². The normalized spacial score (nSPS) is 26.4. The fourth-order valence-corrected chi connectivity index (χ4v) is 2.83. The molecule has 0 heterocycles. The third-order valence-corrected chi connectivity index (χ3v) is 4.06. The molecular formula is C12H13BrO3. The average molecular weight is 285 g/mol. The number of aliphatic carboxylic acids is 1. The number of carboxylic acids is 1. The lowest BCUT2D eigenvalue weighted by Crippen LogP contribution is -2.03. The van der Waals surface area contributed by atoms with Crippen molar-refractivity contribution in [1.82, 2.24) is 0 Å². The van der Waals surface area contributed by atoms with Crippen molar-refractivity contribution in [3.8, 4) is 5.75 Å². The van der Waals surface area contributed by atoms with Crippen LogP contribution in [0.2, 0.25) is 0 Å². The Bertz CT molecular complexity index is 454. The second-order valence-corrected chi connectivity index (χ2v) is 5.68. The lowest BCUT2D eigenvalue weighted by Gasteiger charge is -2.04. The molecule has 1 aliphatic rings. The highest BCUT2D eigenvalue weighted by molar-refractivity contribution is 9.10. The Morgan fingerprint density at radius 1 is 1.44 bits per heavy atom. The number of benzene rings is 1. The first kappa shape index (κ1) is 11.5. The largest absolute Gasteiger partial charge is 0.507 e. The van der Waals surface area contributed by atoms with Crippen molar-refractivity contribution in [2.24, 2.45) is 11.3 Å². The maximum Gasteiger partial charge on any atom is 0.307 e. The molecule has 0 radical (unpaired) electrons. The van der Waals surface area contributed by atoms with Crippen LogP contribution in [0.25, 0.3) is 0 Å². The summed E-state index contributed by atoms with van der Waals surface area (Å²) in [4.78, 5) is 11.1. The van der Waals surface area contributed by atoms with Gasteiger partial charge in [-0.05, 0) is 39.0 Å². The van der Waals surface area contributed by atoms with Crippen LogP contribution in [0.1, 0.15) is 25.3 Å². The molecule has 0 spiro atoms. The van der Waals surface area contributed by atoms with Crippen LogP contribution in [0.5, 0.6) is 5.75 Å². The number of phenolic OH excluding ortho intramolecular Hbond substituents is 1. The van der Waals surface area contributed by atoms with Crippen LogP contribution in [0.15, 0.2) is 22.7 Å². The number of carboxylic acid groups (broad SMARTS) is 1. The van der Waals surface area contributed by atoms with Crippen LogP contribution < -0.4 is 0 Å². The highest BCUT2D eigenvalue weighted by Crippen LogP contribution is 2.64. The van der Waals surface area contributed by atoms with E-state index in [2.05, 4.69) is 15.9 Å². The van der Waals surface area contributed by atoms with Gasteiger partial charge in [-0.1, -0.05) is 19.9 Å². The minimum Gasteiger partial charge on any atom is -0.507 e. The summed E-state index contributed by atoms with van der Waals surface area (Å²) in [5.41, 5.74) is 0.754. The molecule has 86 valence electrons. The van der Waals surface area contributed by atoms with Crippen molar-refractivity contribution in [2.75, 3.05) is 0 Å². The molecule has 2 rings (SSSR count). The Labute approximate surface area is 102 Å². The molecule has 1 aromatic carbocycles. The summed E-state index contributed by atoms with van der Waals surface area (Å²) in [6, 6.07) is 5.17. The average Bonchev–Trinajstić information content (AvgIpc) is 2.74. The van der Waals surface area contributed by atoms with Crippen molar-refractivity contribution >= 4 is 21.9 Å². The van der Waals surface area contributed by atoms with E-state index in [1.807, 2.05) is 13.8 Å². The molecule has 0 bridgehead atoms. The SMILES string of the molecule is CC1(C)C(C(=O)O)C1c1ccc(O)c(Br)c1. The van der Waals surface area contributed by atoms with Crippen molar-refractivity contribution in [3.05, 3.63) is 28.2 Å². The van der Waals surface area contributed by atoms with E-state index in [1.165, 1.54) is 0 Å². The monoisotopic (exact) mass is 284 g/mol. The Hall–Kier alpha value is -1.03. The van der Waals surface area contributed by atoms with Gasteiger partial charge in [-0.2, -0.15) is 0 Å². The smallest absolute Gasteiger partial charge is 0.307 e. The van der Waals surface area contributed by atoms with Gasteiger partial charge in [-0.15, -0.1) is 0 Å². The molecule has 1 saturated carbocycles. The molecule has 4 heteroatoms. The van der Waals surface area contributed by atoms with Crippen LogP contribution in [0, 0.1) is 11.3 Å². The predicted octanol–water partition coefficient (Wildman–Crippen LogP) is 2.98. The van der Waals surface area contributed by atoms with Crippen LogP contribution in [-0.4, -0.2) is 16.2 Å². The number of aromatic hydroxyl groups is 1. The fraction of sp³-hybridized carbons (Fsp3) is 0.417. The molecule has 1 aromatic rings. The van der Waals surface area contributed by atoms with Crippen LogP contribution in [0.4, 0.5) is 0 Å². The van der Waals surface area contributed by atoms with Gasteiger partial charge >= 0.3 is 5.97 Å². The minimum atomic E-state index is -0.751. The highest BCUT2D eigenvalue weighted by Gasteiger charge is 2.62. The third-order valence-electron chi connectivity index (χ3n) is 3.42. The first-order valence-corrected chi connectivity index (χ1v) is 5.86. The second-order valence-electron chi connectivity index (χ2n) is 4.83. The Morgan fingerprint density at radius 2 is 2.06 bits per heavy atom. The molecule has 0 aliphatic heterocycles. The van der Waals surface area contributed by atoms with E-state index in [1.54, 1.807) is 18.2 Å². The van der Waals surface area contributed by atoms with Crippen molar-refractivity contribution in [1.29, 1.82) is 0 Å². The van der Waals surface area contributed by atoms with Gasteiger partial charge in [0.2, 0.25) is 0 Å². The zero-order valence-corrected chi connectivity index (χ0v) is 10.7. The number of hydrogen-bond acceptors (Lipinski definition) is 2. The molecule has 1 fully saturated rings. The highest BCUT2D eigenvalue weighted by atomic mass is 79.9. The van der Waals surface area contributed by atoms with E-state index in [4.69, 9.17) is 5.11 Å². The molecule has 2 atom stereocenters. The lowest BCUT2D eigenvalue weighted by molar-refractivity contribution is -0.139. The summed E-state index contributed by atoms with van der Waals surface area (Å²) in [5, 5.41) is 18.5. The molecule has 16 heavy (non-hydrogen) atoms. The van der Waals surface area contributed by atoms with Gasteiger partial charge in [0.05, 0.1) is 10.4 Å².